The highest BCUT2D eigenvalue weighted by Crippen LogP contribution is 2.33. The molecule has 196 valence electrons. The molecule has 5 aromatic rings. The lowest BCUT2D eigenvalue weighted by molar-refractivity contribution is 0.0985. The summed E-state index contributed by atoms with van der Waals surface area (Å²) in [4.78, 5) is 13.6. The minimum Gasteiger partial charge on any atom is -0.306 e. The first-order valence-corrected chi connectivity index (χ1v) is 14.1. The summed E-state index contributed by atoms with van der Waals surface area (Å²) >= 11 is 0. The number of nitrogens with one attached hydrogen (secondary N) is 1. The molecule has 1 aliphatic carbocycles. The van der Waals surface area contributed by atoms with Gasteiger partial charge in [-0.2, -0.15) is 5.10 Å². The quantitative estimate of drug-likeness (QED) is 0.198. The van der Waals surface area contributed by atoms with Gasteiger partial charge in [-0.3, -0.25) is 4.79 Å². The Hall–Kier alpha value is -4.02. The van der Waals surface area contributed by atoms with Crippen molar-refractivity contribution in [3.63, 3.8) is 0 Å². The summed E-state index contributed by atoms with van der Waals surface area (Å²) in [6.45, 7) is 5.09. The Morgan fingerprint density at radius 2 is 1.69 bits per heavy atom. The van der Waals surface area contributed by atoms with E-state index in [1.54, 1.807) is 4.68 Å². The van der Waals surface area contributed by atoms with Crippen LogP contribution >= 0.6 is 0 Å². The van der Waals surface area contributed by atoms with E-state index < -0.39 is 0 Å². The highest BCUT2D eigenvalue weighted by molar-refractivity contribution is 5.96. The van der Waals surface area contributed by atoms with Crippen LogP contribution in [0.5, 0.6) is 0 Å². The molecule has 1 heterocycles. The van der Waals surface area contributed by atoms with Gasteiger partial charge in [-0.15, -0.1) is 0 Å². The van der Waals surface area contributed by atoms with Crippen molar-refractivity contribution in [2.24, 2.45) is 5.92 Å². The number of hydrogen-bond acceptors (Lipinski definition) is 3. The topological polar surface area (TPSA) is 46.9 Å². The average molecular weight is 514 g/mol. The SMILES string of the molecule is CCc1cccc(-n2nc(C)cc2C(=O)Cc2cccc(C(NCC3CC3)c3cccc4ccccc34)c2)c1. The monoisotopic (exact) mass is 513 g/mol. The van der Waals surface area contributed by atoms with Crippen LogP contribution in [0.4, 0.5) is 0 Å². The molecule has 1 N–H and O–H groups in total. The van der Waals surface area contributed by atoms with Crippen molar-refractivity contribution in [1.29, 1.82) is 0 Å². The van der Waals surface area contributed by atoms with E-state index in [9.17, 15) is 4.79 Å². The van der Waals surface area contributed by atoms with Crippen molar-refractivity contribution >= 4 is 16.6 Å². The third-order valence-electron chi connectivity index (χ3n) is 7.77. The normalized spacial score (nSPS) is 14.0. The number of Topliss-reactive ketones (excluding diaryl/α,β-unsaturated/α-hetero) is 1. The fraction of sp³-hybridized carbons (Fsp3) is 0.257. The fourth-order valence-electron chi connectivity index (χ4n) is 5.48. The Bertz CT molecular complexity index is 1620. The van der Waals surface area contributed by atoms with Gasteiger partial charge in [0.2, 0.25) is 0 Å². The summed E-state index contributed by atoms with van der Waals surface area (Å²) in [5.41, 5.74) is 7.12. The minimum absolute atomic E-state index is 0.0660. The third kappa shape index (κ3) is 5.57. The highest BCUT2D eigenvalue weighted by Gasteiger charge is 2.25. The van der Waals surface area contributed by atoms with Gasteiger partial charge in [0, 0.05) is 6.42 Å². The number of hydrogen-bond donors (Lipinski definition) is 1. The molecule has 0 bridgehead atoms. The third-order valence-corrected chi connectivity index (χ3v) is 7.77. The van der Waals surface area contributed by atoms with Crippen molar-refractivity contribution < 1.29 is 4.79 Å². The van der Waals surface area contributed by atoms with Crippen LogP contribution < -0.4 is 5.32 Å². The minimum atomic E-state index is 0.0660. The zero-order valence-electron chi connectivity index (χ0n) is 22.7. The number of ketones is 1. The lowest BCUT2D eigenvalue weighted by atomic mass is 9.92. The van der Waals surface area contributed by atoms with Crippen LogP contribution in [0.2, 0.25) is 0 Å². The first-order chi connectivity index (χ1) is 19.1. The largest absolute Gasteiger partial charge is 0.306 e. The van der Waals surface area contributed by atoms with Crippen LogP contribution in [0, 0.1) is 12.8 Å². The van der Waals surface area contributed by atoms with E-state index in [0.29, 0.717) is 12.1 Å². The molecule has 1 saturated carbocycles. The van der Waals surface area contributed by atoms with E-state index in [4.69, 9.17) is 0 Å². The van der Waals surface area contributed by atoms with Crippen LogP contribution in [-0.4, -0.2) is 22.1 Å². The molecule has 1 aromatic heterocycles. The van der Waals surface area contributed by atoms with E-state index in [1.165, 1.54) is 40.3 Å². The maximum absolute atomic E-state index is 13.6. The van der Waals surface area contributed by atoms with Gasteiger partial charge >= 0.3 is 0 Å². The smallest absolute Gasteiger partial charge is 0.185 e. The Balaban J connectivity index is 1.31. The molecule has 1 unspecified atom stereocenters. The van der Waals surface area contributed by atoms with E-state index in [2.05, 4.69) is 96.2 Å². The van der Waals surface area contributed by atoms with E-state index >= 15 is 0 Å². The van der Waals surface area contributed by atoms with Gasteiger partial charge in [0.25, 0.3) is 0 Å². The zero-order chi connectivity index (χ0) is 26.8. The fourth-order valence-corrected chi connectivity index (χ4v) is 5.48. The molecule has 1 fully saturated rings. The Morgan fingerprint density at radius 3 is 2.54 bits per heavy atom. The Labute approximate surface area is 230 Å². The van der Waals surface area contributed by atoms with Gasteiger partial charge in [0.1, 0.15) is 5.69 Å². The standard InChI is InChI=1S/C35H35N3O/c1-3-25-9-7-14-30(21-25)38-33(19-24(2)37-38)34(39)22-27-10-6-13-29(20-27)35(36-23-26-17-18-26)32-16-8-12-28-11-4-5-15-31(28)32/h4-16,19-21,26,35-36H,3,17-18,22-23H2,1-2H3. The van der Waals surface area contributed by atoms with Crippen molar-refractivity contribution in [3.8, 4) is 5.69 Å². The van der Waals surface area contributed by atoms with Gasteiger partial charge in [-0.1, -0.05) is 85.8 Å². The molecule has 4 heteroatoms. The molecule has 0 saturated heterocycles. The number of rotatable bonds is 10. The molecule has 1 aliphatic rings. The van der Waals surface area contributed by atoms with Gasteiger partial charge in [0.05, 0.1) is 17.4 Å². The first-order valence-electron chi connectivity index (χ1n) is 14.1. The number of aryl methyl sites for hydroxylation is 2. The van der Waals surface area contributed by atoms with Crippen LogP contribution in [0.1, 0.15) is 64.2 Å². The van der Waals surface area contributed by atoms with Crippen LogP contribution in [-0.2, 0) is 12.8 Å². The van der Waals surface area contributed by atoms with Gasteiger partial charge in [-0.25, -0.2) is 4.68 Å². The molecule has 4 nitrogen and oxygen atoms in total. The van der Waals surface area contributed by atoms with Crippen molar-refractivity contribution in [1.82, 2.24) is 15.1 Å². The predicted molar refractivity (Wildman–Crippen MR) is 159 cm³/mol. The molecule has 0 radical (unpaired) electrons. The van der Waals surface area contributed by atoms with Crippen LogP contribution in [0.3, 0.4) is 0 Å². The van der Waals surface area contributed by atoms with Gasteiger partial charge in [-0.05, 0) is 89.9 Å². The zero-order valence-corrected chi connectivity index (χ0v) is 22.7. The molecule has 6 rings (SSSR count). The highest BCUT2D eigenvalue weighted by atomic mass is 16.1. The number of carbonyl (C=O) groups excluding carboxylic acids is 1. The van der Waals surface area contributed by atoms with Crippen LogP contribution in [0.25, 0.3) is 16.5 Å². The summed E-state index contributed by atoms with van der Waals surface area (Å²) in [6.07, 6.45) is 3.88. The molecule has 1 atom stereocenters. The number of carbonyl (C=O) groups is 1. The number of benzene rings is 4. The van der Waals surface area contributed by atoms with E-state index in [1.807, 2.05) is 25.1 Å². The molecular formula is C35H35N3O. The molecule has 0 amide bonds. The summed E-state index contributed by atoms with van der Waals surface area (Å²) < 4.78 is 1.80. The summed E-state index contributed by atoms with van der Waals surface area (Å²) in [5, 5.41) is 11.0. The predicted octanol–water partition coefficient (Wildman–Crippen LogP) is 7.41. The maximum atomic E-state index is 13.6. The molecule has 4 aromatic carbocycles. The summed E-state index contributed by atoms with van der Waals surface area (Å²) in [7, 11) is 0. The van der Waals surface area contributed by atoms with E-state index in [0.717, 1.165) is 35.8 Å². The number of aromatic nitrogens is 2. The second kappa shape index (κ2) is 11.0. The Morgan fingerprint density at radius 1 is 0.923 bits per heavy atom. The average Bonchev–Trinajstić information content (AvgIpc) is 3.71. The molecular weight excluding hydrogens is 478 g/mol. The van der Waals surface area contributed by atoms with Crippen molar-refractivity contribution in [3.05, 3.63) is 131 Å². The van der Waals surface area contributed by atoms with E-state index in [-0.39, 0.29) is 11.8 Å². The second-order valence-electron chi connectivity index (χ2n) is 10.8. The Kier molecular flexibility index (Phi) is 7.12. The summed E-state index contributed by atoms with van der Waals surface area (Å²) in [5.74, 6) is 0.837. The van der Waals surface area contributed by atoms with Gasteiger partial charge < -0.3 is 5.32 Å². The summed E-state index contributed by atoms with van der Waals surface area (Å²) in [6, 6.07) is 33.9. The van der Waals surface area contributed by atoms with Gasteiger partial charge in [0.15, 0.2) is 5.78 Å². The van der Waals surface area contributed by atoms with Crippen LogP contribution in [0.15, 0.2) is 97.1 Å². The maximum Gasteiger partial charge on any atom is 0.185 e. The first kappa shape index (κ1) is 25.3. The number of nitrogens with zero attached hydrogens (tertiary/aromatic N) is 2. The lowest BCUT2D eigenvalue weighted by Crippen LogP contribution is -2.25. The van der Waals surface area contributed by atoms with Crippen molar-refractivity contribution in [2.45, 2.75) is 45.6 Å². The van der Waals surface area contributed by atoms with Crippen molar-refractivity contribution in [2.75, 3.05) is 6.54 Å². The second-order valence-corrected chi connectivity index (χ2v) is 10.8. The molecule has 39 heavy (non-hydrogen) atoms. The molecule has 0 spiro atoms. The molecule has 0 aliphatic heterocycles. The lowest BCUT2D eigenvalue weighted by Gasteiger charge is -2.22. The number of fused-ring (bicyclic) bond motifs is 1.